The van der Waals surface area contributed by atoms with Crippen LogP contribution in [-0.4, -0.2) is 31.5 Å². The highest BCUT2D eigenvalue weighted by atomic mass is 19.1. The highest BCUT2D eigenvalue weighted by molar-refractivity contribution is 5.34. The van der Waals surface area contributed by atoms with Crippen molar-refractivity contribution in [2.75, 3.05) is 26.4 Å². The maximum atomic E-state index is 13.3. The van der Waals surface area contributed by atoms with E-state index in [1.54, 1.807) is 12.1 Å². The molecule has 1 aromatic carbocycles. The molecule has 0 atom stereocenters. The fourth-order valence-electron chi connectivity index (χ4n) is 1.25. The summed E-state index contributed by atoms with van der Waals surface area (Å²) in [6.45, 7) is 1.00. The Morgan fingerprint density at radius 3 is 2.75 bits per heavy atom. The van der Waals surface area contributed by atoms with Crippen molar-refractivity contribution in [2.45, 2.75) is 6.54 Å². The van der Waals surface area contributed by atoms with Crippen LogP contribution in [0.5, 0.6) is 5.75 Å². The minimum absolute atomic E-state index is 0.0198. The zero-order valence-electron chi connectivity index (χ0n) is 8.99. The van der Waals surface area contributed by atoms with Gasteiger partial charge in [-0.1, -0.05) is 6.07 Å². The van der Waals surface area contributed by atoms with Crippen LogP contribution in [0.25, 0.3) is 0 Å². The van der Waals surface area contributed by atoms with Crippen molar-refractivity contribution in [3.8, 4) is 5.75 Å². The van der Waals surface area contributed by atoms with E-state index in [1.165, 1.54) is 6.07 Å². The molecular weight excluding hydrogens is 213 g/mol. The van der Waals surface area contributed by atoms with Crippen molar-refractivity contribution in [3.63, 3.8) is 0 Å². The van der Waals surface area contributed by atoms with Crippen LogP contribution in [0.1, 0.15) is 5.56 Å². The summed E-state index contributed by atoms with van der Waals surface area (Å²) in [5.41, 5.74) is 5.78. The zero-order chi connectivity index (χ0) is 11.8. The largest absolute Gasteiger partial charge is 0.491 e. The summed E-state index contributed by atoms with van der Waals surface area (Å²) < 4.78 is 23.6. The molecule has 16 heavy (non-hydrogen) atoms. The summed E-state index contributed by atoms with van der Waals surface area (Å²) in [4.78, 5) is 0. The zero-order valence-corrected chi connectivity index (χ0v) is 8.99. The third-order valence-corrected chi connectivity index (χ3v) is 2.00. The Morgan fingerprint density at radius 1 is 1.25 bits per heavy atom. The lowest BCUT2D eigenvalue weighted by molar-refractivity contribution is 0.0702. The molecule has 0 amide bonds. The van der Waals surface area contributed by atoms with Crippen molar-refractivity contribution < 1.29 is 19.0 Å². The first-order valence-electron chi connectivity index (χ1n) is 5.08. The Morgan fingerprint density at radius 2 is 2.06 bits per heavy atom. The number of hydrogen-bond donors (Lipinski definition) is 2. The van der Waals surface area contributed by atoms with Crippen molar-refractivity contribution >= 4 is 0 Å². The molecule has 0 unspecified atom stereocenters. The predicted molar refractivity (Wildman–Crippen MR) is 57.7 cm³/mol. The summed E-state index contributed by atoms with van der Waals surface area (Å²) in [5.74, 6) is 0.0753. The van der Waals surface area contributed by atoms with Crippen LogP contribution < -0.4 is 10.5 Å². The summed E-state index contributed by atoms with van der Waals surface area (Å²) in [5, 5.41) is 8.47. The van der Waals surface area contributed by atoms with Gasteiger partial charge in [-0.15, -0.1) is 0 Å². The lowest BCUT2D eigenvalue weighted by atomic mass is 10.2. The third kappa shape index (κ3) is 3.77. The van der Waals surface area contributed by atoms with E-state index in [-0.39, 0.29) is 25.6 Å². The van der Waals surface area contributed by atoms with Crippen LogP contribution in [0.15, 0.2) is 18.2 Å². The minimum Gasteiger partial charge on any atom is -0.491 e. The minimum atomic E-state index is -0.365. The van der Waals surface area contributed by atoms with Gasteiger partial charge in [0.25, 0.3) is 0 Å². The number of aliphatic hydroxyl groups excluding tert-OH is 1. The molecule has 0 saturated carbocycles. The molecule has 0 aliphatic heterocycles. The second-order valence-electron chi connectivity index (χ2n) is 3.11. The third-order valence-electron chi connectivity index (χ3n) is 2.00. The molecule has 1 rings (SSSR count). The lowest BCUT2D eigenvalue weighted by Gasteiger charge is -2.10. The number of hydrogen-bond acceptors (Lipinski definition) is 4. The first kappa shape index (κ1) is 12.9. The average Bonchev–Trinajstić information content (AvgIpc) is 2.29. The van der Waals surface area contributed by atoms with Gasteiger partial charge >= 0.3 is 0 Å². The Hall–Kier alpha value is -1.17. The van der Waals surface area contributed by atoms with E-state index in [9.17, 15) is 4.39 Å². The average molecular weight is 229 g/mol. The molecular formula is C11H16FNO3. The maximum absolute atomic E-state index is 13.3. The highest BCUT2D eigenvalue weighted by Gasteiger charge is 2.07. The van der Waals surface area contributed by atoms with E-state index in [1.807, 2.05) is 0 Å². The van der Waals surface area contributed by atoms with Gasteiger partial charge in [0.2, 0.25) is 0 Å². The molecule has 0 fully saturated rings. The molecule has 0 heterocycles. The normalized spacial score (nSPS) is 10.4. The Kier molecular flexibility index (Phi) is 5.77. The van der Waals surface area contributed by atoms with E-state index < -0.39 is 0 Å². The summed E-state index contributed by atoms with van der Waals surface area (Å²) in [6.07, 6.45) is 0. The number of benzene rings is 1. The molecule has 0 aliphatic carbocycles. The molecule has 0 aromatic heterocycles. The van der Waals surface area contributed by atoms with Crippen LogP contribution in [0.3, 0.4) is 0 Å². The molecule has 0 bridgehead atoms. The van der Waals surface area contributed by atoms with Gasteiger partial charge in [0.05, 0.1) is 19.8 Å². The van der Waals surface area contributed by atoms with E-state index >= 15 is 0 Å². The molecule has 0 aliphatic rings. The van der Waals surface area contributed by atoms with Crippen LogP contribution in [0, 0.1) is 5.82 Å². The standard InChI is InChI=1S/C11H16FNO3/c12-10-2-1-3-11(9(10)8-13)16-7-6-15-5-4-14/h1-3,14H,4-8,13H2. The van der Waals surface area contributed by atoms with Crippen molar-refractivity contribution in [2.24, 2.45) is 5.73 Å². The predicted octanol–water partition coefficient (Wildman–Crippen LogP) is 0.672. The van der Waals surface area contributed by atoms with Crippen LogP contribution in [0.4, 0.5) is 4.39 Å². The molecule has 0 spiro atoms. The topological polar surface area (TPSA) is 64.7 Å². The summed E-state index contributed by atoms with van der Waals surface area (Å²) in [7, 11) is 0. The molecule has 0 saturated heterocycles. The van der Waals surface area contributed by atoms with Gasteiger partial charge < -0.3 is 20.3 Å². The SMILES string of the molecule is NCc1c(F)cccc1OCCOCCO. The van der Waals surface area contributed by atoms with Crippen LogP contribution >= 0.6 is 0 Å². The van der Waals surface area contributed by atoms with E-state index in [0.29, 0.717) is 24.5 Å². The van der Waals surface area contributed by atoms with Crippen molar-refractivity contribution in [1.29, 1.82) is 0 Å². The van der Waals surface area contributed by atoms with Crippen LogP contribution in [-0.2, 0) is 11.3 Å². The van der Waals surface area contributed by atoms with Gasteiger partial charge in [0.1, 0.15) is 18.2 Å². The van der Waals surface area contributed by atoms with E-state index in [2.05, 4.69) is 0 Å². The fraction of sp³-hybridized carbons (Fsp3) is 0.455. The Bertz CT molecular complexity index is 320. The Balaban J connectivity index is 2.44. The highest BCUT2D eigenvalue weighted by Crippen LogP contribution is 2.20. The first-order valence-corrected chi connectivity index (χ1v) is 5.08. The van der Waals surface area contributed by atoms with Gasteiger partial charge in [0.15, 0.2) is 0 Å². The maximum Gasteiger partial charge on any atom is 0.131 e. The van der Waals surface area contributed by atoms with Crippen molar-refractivity contribution in [3.05, 3.63) is 29.6 Å². The molecule has 4 nitrogen and oxygen atoms in total. The van der Waals surface area contributed by atoms with Gasteiger partial charge in [-0.3, -0.25) is 0 Å². The van der Waals surface area contributed by atoms with Gasteiger partial charge in [0, 0.05) is 12.1 Å². The number of rotatable bonds is 7. The number of halogens is 1. The summed E-state index contributed by atoms with van der Waals surface area (Å²) in [6, 6.07) is 4.58. The lowest BCUT2D eigenvalue weighted by Crippen LogP contribution is -2.11. The Labute approximate surface area is 93.8 Å². The molecule has 3 N–H and O–H groups in total. The smallest absolute Gasteiger partial charge is 0.131 e. The second-order valence-corrected chi connectivity index (χ2v) is 3.11. The molecule has 5 heteroatoms. The summed E-state index contributed by atoms with van der Waals surface area (Å²) >= 11 is 0. The molecule has 1 aromatic rings. The van der Waals surface area contributed by atoms with Crippen molar-refractivity contribution in [1.82, 2.24) is 0 Å². The fourth-order valence-corrected chi connectivity index (χ4v) is 1.25. The number of ether oxygens (including phenoxy) is 2. The second kappa shape index (κ2) is 7.16. The molecule has 0 radical (unpaired) electrons. The van der Waals surface area contributed by atoms with E-state index in [0.717, 1.165) is 0 Å². The van der Waals surface area contributed by atoms with Gasteiger partial charge in [-0.25, -0.2) is 4.39 Å². The van der Waals surface area contributed by atoms with E-state index in [4.69, 9.17) is 20.3 Å². The molecule has 90 valence electrons. The quantitative estimate of drug-likeness (QED) is 0.674. The van der Waals surface area contributed by atoms with Gasteiger partial charge in [-0.05, 0) is 12.1 Å². The monoisotopic (exact) mass is 229 g/mol. The van der Waals surface area contributed by atoms with Gasteiger partial charge in [-0.2, -0.15) is 0 Å². The first-order chi connectivity index (χ1) is 7.79. The van der Waals surface area contributed by atoms with Crippen LogP contribution in [0.2, 0.25) is 0 Å². The number of aliphatic hydroxyl groups is 1. The number of nitrogens with two attached hydrogens (primary N) is 1.